The molecule has 186 valence electrons. The molecule has 0 spiro atoms. The Balaban J connectivity index is 1.22. The quantitative estimate of drug-likeness (QED) is 0.439. The van der Waals surface area contributed by atoms with Crippen LogP contribution in [-0.2, 0) is 10.3 Å². The second-order valence-corrected chi connectivity index (χ2v) is 10.1. The van der Waals surface area contributed by atoms with Crippen LogP contribution in [0.2, 0.25) is 0 Å². The molecule has 3 aromatic rings. The number of aliphatic hydroxyl groups is 1. The molecule has 2 aliphatic heterocycles. The molecule has 2 fully saturated rings. The molecule has 0 aromatic heterocycles. The van der Waals surface area contributed by atoms with Crippen molar-refractivity contribution in [2.24, 2.45) is 0 Å². The summed E-state index contributed by atoms with van der Waals surface area (Å²) in [5.41, 5.74) is 2.58. The third-order valence-electron chi connectivity index (χ3n) is 8.09. The monoisotopic (exact) mass is 493 g/mol. The third-order valence-corrected chi connectivity index (χ3v) is 8.09. The molecular weight excluding hydrogens is 467 g/mol. The van der Waals surface area contributed by atoms with Gasteiger partial charge in [-0.25, -0.2) is 18.0 Å². The summed E-state index contributed by atoms with van der Waals surface area (Å²) in [6.45, 7) is 0.185. The molecule has 2 heterocycles. The number of piperidine rings is 2. The van der Waals surface area contributed by atoms with Crippen LogP contribution < -0.4 is 0 Å². The number of carbonyl (C=O) groups excluding carboxylic acids is 1. The highest BCUT2D eigenvalue weighted by molar-refractivity contribution is 5.79. The maximum atomic E-state index is 14.6. The molecule has 0 radical (unpaired) electrons. The molecule has 2 atom stereocenters. The maximum absolute atomic E-state index is 14.6. The van der Waals surface area contributed by atoms with Gasteiger partial charge in [-0.3, -0.25) is 0 Å². The zero-order valence-electron chi connectivity index (χ0n) is 19.6. The lowest BCUT2D eigenvalue weighted by atomic mass is 9.72. The van der Waals surface area contributed by atoms with Gasteiger partial charge in [0.1, 0.15) is 6.61 Å². The Bertz CT molecular complexity index is 1280. The smallest absolute Gasteiger partial charge is 0.410 e. The van der Waals surface area contributed by atoms with Crippen LogP contribution in [0.5, 0.6) is 0 Å². The van der Waals surface area contributed by atoms with E-state index < -0.39 is 29.1 Å². The average Bonchev–Trinajstić information content (AvgIpc) is 3.19. The first-order valence-corrected chi connectivity index (χ1v) is 12.4. The van der Waals surface area contributed by atoms with Crippen LogP contribution in [0.15, 0.2) is 60.7 Å². The second kappa shape index (κ2) is 8.66. The molecule has 3 aromatic carbocycles. The number of amides is 1. The number of hydrogen-bond donors (Lipinski definition) is 1. The van der Waals surface area contributed by atoms with E-state index in [1.54, 1.807) is 4.90 Å². The van der Waals surface area contributed by atoms with Crippen molar-refractivity contribution in [1.82, 2.24) is 4.90 Å². The van der Waals surface area contributed by atoms with E-state index in [4.69, 9.17) is 4.74 Å². The van der Waals surface area contributed by atoms with Gasteiger partial charge in [-0.2, -0.15) is 0 Å². The first-order chi connectivity index (χ1) is 17.4. The summed E-state index contributed by atoms with van der Waals surface area (Å²) in [4.78, 5) is 15.0. The summed E-state index contributed by atoms with van der Waals surface area (Å²) >= 11 is 0. The number of fused-ring (bicyclic) bond motifs is 5. The highest BCUT2D eigenvalue weighted by Crippen LogP contribution is 2.47. The molecule has 0 saturated carbocycles. The Labute approximate surface area is 207 Å². The number of benzene rings is 3. The van der Waals surface area contributed by atoms with Crippen molar-refractivity contribution in [3.05, 3.63) is 94.8 Å². The Kier molecular flexibility index (Phi) is 5.56. The predicted molar refractivity (Wildman–Crippen MR) is 128 cm³/mol. The summed E-state index contributed by atoms with van der Waals surface area (Å²) in [6, 6.07) is 17.4. The van der Waals surface area contributed by atoms with E-state index >= 15 is 0 Å². The fraction of sp³-hybridized carbons (Fsp3) is 0.345. The lowest BCUT2D eigenvalue weighted by Gasteiger charge is -2.51. The number of nitrogens with zero attached hydrogens (tertiary/aromatic N) is 1. The first kappa shape index (κ1) is 23.1. The fourth-order valence-corrected chi connectivity index (χ4v) is 6.50. The van der Waals surface area contributed by atoms with Gasteiger partial charge in [0.15, 0.2) is 17.5 Å². The highest BCUT2D eigenvalue weighted by atomic mass is 19.2. The van der Waals surface area contributed by atoms with Gasteiger partial charge >= 0.3 is 6.09 Å². The van der Waals surface area contributed by atoms with Crippen LogP contribution in [0.1, 0.15) is 54.7 Å². The second-order valence-electron chi connectivity index (χ2n) is 10.1. The zero-order chi connectivity index (χ0) is 25.0. The first-order valence-electron chi connectivity index (χ1n) is 12.4. The molecule has 7 heteroatoms. The third kappa shape index (κ3) is 3.60. The van der Waals surface area contributed by atoms with Crippen molar-refractivity contribution in [3.63, 3.8) is 0 Å². The van der Waals surface area contributed by atoms with Crippen LogP contribution in [0.3, 0.4) is 0 Å². The van der Waals surface area contributed by atoms with Gasteiger partial charge in [-0.05, 0) is 47.6 Å². The molecular formula is C29H26F3NO3. The van der Waals surface area contributed by atoms with Gasteiger partial charge in [-0.15, -0.1) is 0 Å². The van der Waals surface area contributed by atoms with E-state index in [0.29, 0.717) is 12.8 Å². The van der Waals surface area contributed by atoms with Crippen LogP contribution in [-0.4, -0.2) is 34.8 Å². The number of hydrogen-bond acceptors (Lipinski definition) is 3. The van der Waals surface area contributed by atoms with E-state index in [9.17, 15) is 23.1 Å². The lowest BCUT2D eigenvalue weighted by molar-refractivity contribution is -0.0909. The predicted octanol–water partition coefficient (Wildman–Crippen LogP) is 6.26. The Hall–Kier alpha value is -3.32. The molecule has 2 unspecified atom stereocenters. The largest absolute Gasteiger partial charge is 0.448 e. The standard InChI is InChI=1S/C29H26F3NO3/c30-25-13-12-24(26(31)27(25)32)29(35)14-17-6-5-7-18(15-29)33(17)28(34)36-16-23-21-10-3-1-8-19(21)20-9-2-4-11-22(20)23/h1-4,8-13,17-18,23,35H,5-7,14-16H2. The van der Waals surface area contributed by atoms with E-state index in [1.165, 1.54) is 0 Å². The molecule has 1 N–H and O–H groups in total. The number of halogens is 3. The summed E-state index contributed by atoms with van der Waals surface area (Å²) in [6.07, 6.45) is 1.71. The topological polar surface area (TPSA) is 49.8 Å². The van der Waals surface area contributed by atoms with Gasteiger partial charge in [0.05, 0.1) is 5.60 Å². The summed E-state index contributed by atoms with van der Waals surface area (Å²) < 4.78 is 47.9. The number of rotatable bonds is 3. The minimum atomic E-state index is -1.69. The van der Waals surface area contributed by atoms with Gasteiger partial charge in [0, 0.05) is 36.4 Å². The van der Waals surface area contributed by atoms with Crippen LogP contribution >= 0.6 is 0 Å². The van der Waals surface area contributed by atoms with Crippen molar-refractivity contribution in [2.75, 3.05) is 6.61 Å². The van der Waals surface area contributed by atoms with E-state index in [1.807, 2.05) is 24.3 Å². The van der Waals surface area contributed by atoms with E-state index in [0.717, 1.165) is 40.8 Å². The summed E-state index contributed by atoms with van der Waals surface area (Å²) in [5, 5.41) is 11.4. The fourth-order valence-electron chi connectivity index (χ4n) is 6.50. The minimum Gasteiger partial charge on any atom is -0.448 e. The number of carbonyl (C=O) groups is 1. The summed E-state index contributed by atoms with van der Waals surface area (Å²) in [7, 11) is 0. The van der Waals surface area contributed by atoms with Gasteiger partial charge < -0.3 is 14.7 Å². The lowest BCUT2D eigenvalue weighted by Crippen LogP contribution is -2.59. The Morgan fingerprint density at radius 1 is 0.889 bits per heavy atom. The molecule has 1 amide bonds. The molecule has 4 nitrogen and oxygen atoms in total. The van der Waals surface area contributed by atoms with Crippen molar-refractivity contribution >= 4 is 6.09 Å². The highest BCUT2D eigenvalue weighted by Gasteiger charge is 2.50. The average molecular weight is 494 g/mol. The molecule has 3 aliphatic rings. The zero-order valence-corrected chi connectivity index (χ0v) is 19.6. The SMILES string of the molecule is O=C(OCC1c2ccccc2-c2ccccc21)N1C2CCCC1CC(O)(c1ccc(F)c(F)c1F)C2. The van der Waals surface area contributed by atoms with Gasteiger partial charge in [0.2, 0.25) is 0 Å². The number of ether oxygens (including phenoxy) is 1. The van der Waals surface area contributed by atoms with Crippen molar-refractivity contribution in [2.45, 2.75) is 55.7 Å². The Morgan fingerprint density at radius 2 is 1.47 bits per heavy atom. The van der Waals surface area contributed by atoms with Crippen molar-refractivity contribution < 1.29 is 27.8 Å². The molecule has 6 rings (SSSR count). The molecule has 2 bridgehead atoms. The van der Waals surface area contributed by atoms with Crippen LogP contribution in [0, 0.1) is 17.5 Å². The van der Waals surface area contributed by atoms with Gasteiger partial charge in [0.25, 0.3) is 0 Å². The van der Waals surface area contributed by atoms with E-state index in [-0.39, 0.29) is 43.0 Å². The molecule has 36 heavy (non-hydrogen) atoms. The van der Waals surface area contributed by atoms with E-state index in [2.05, 4.69) is 24.3 Å². The van der Waals surface area contributed by atoms with Crippen LogP contribution in [0.4, 0.5) is 18.0 Å². The van der Waals surface area contributed by atoms with Crippen molar-refractivity contribution in [1.29, 1.82) is 0 Å². The summed E-state index contributed by atoms with van der Waals surface area (Å²) in [5.74, 6) is -4.33. The van der Waals surface area contributed by atoms with Crippen LogP contribution in [0.25, 0.3) is 11.1 Å². The Morgan fingerprint density at radius 3 is 2.08 bits per heavy atom. The van der Waals surface area contributed by atoms with Crippen molar-refractivity contribution in [3.8, 4) is 11.1 Å². The normalized spacial score (nSPS) is 24.8. The minimum absolute atomic E-state index is 0.0374. The maximum Gasteiger partial charge on any atom is 0.410 e. The molecule has 2 saturated heterocycles. The van der Waals surface area contributed by atoms with Gasteiger partial charge in [-0.1, -0.05) is 54.6 Å². The molecule has 1 aliphatic carbocycles.